The Bertz CT molecular complexity index is 563. The van der Waals surface area contributed by atoms with Crippen LogP contribution in [0.5, 0.6) is 5.75 Å². The third kappa shape index (κ3) is 3.31. The van der Waals surface area contributed by atoms with Gasteiger partial charge < -0.3 is 14.5 Å². The van der Waals surface area contributed by atoms with Gasteiger partial charge in [-0.05, 0) is 36.8 Å². The molecule has 1 saturated carbocycles. The highest BCUT2D eigenvalue weighted by molar-refractivity contribution is 5.32. The van der Waals surface area contributed by atoms with Crippen molar-refractivity contribution in [3.8, 4) is 5.75 Å². The van der Waals surface area contributed by atoms with Gasteiger partial charge in [-0.25, -0.2) is 0 Å². The molecule has 2 aliphatic carbocycles. The molecule has 3 heteroatoms. The summed E-state index contributed by atoms with van der Waals surface area (Å²) in [5.74, 6) is 3.84. The van der Waals surface area contributed by atoms with Gasteiger partial charge in [0.2, 0.25) is 0 Å². The zero-order valence-electron chi connectivity index (χ0n) is 14.3. The number of fused-ring (bicyclic) bond motifs is 2. The van der Waals surface area contributed by atoms with E-state index < -0.39 is 0 Å². The molecule has 0 unspecified atom stereocenters. The van der Waals surface area contributed by atoms with Gasteiger partial charge in [0.15, 0.2) is 0 Å². The first kappa shape index (κ1) is 15.2. The SMILES string of the molecule is COc1ccccc1C[NH+]1CC[NH+](C[C@@H]2C[C@H]3C=C[C@H]2C3)CC1. The Labute approximate surface area is 139 Å². The van der Waals surface area contributed by atoms with Gasteiger partial charge in [0.1, 0.15) is 38.5 Å². The van der Waals surface area contributed by atoms with Gasteiger partial charge in [-0.3, -0.25) is 0 Å². The summed E-state index contributed by atoms with van der Waals surface area (Å²) in [7, 11) is 1.78. The van der Waals surface area contributed by atoms with Gasteiger partial charge >= 0.3 is 0 Å². The Morgan fingerprint density at radius 1 is 1.00 bits per heavy atom. The number of piperazine rings is 1. The summed E-state index contributed by atoms with van der Waals surface area (Å²) in [6, 6.07) is 8.48. The Morgan fingerprint density at radius 2 is 1.78 bits per heavy atom. The third-order valence-electron chi connectivity index (χ3n) is 6.26. The van der Waals surface area contributed by atoms with E-state index >= 15 is 0 Å². The average molecular weight is 314 g/mol. The number of hydrogen-bond acceptors (Lipinski definition) is 1. The molecule has 1 aromatic rings. The molecule has 1 aliphatic heterocycles. The summed E-state index contributed by atoms with van der Waals surface area (Å²) >= 11 is 0. The topological polar surface area (TPSA) is 18.1 Å². The van der Waals surface area contributed by atoms with E-state index in [1.54, 1.807) is 12.0 Å². The molecule has 0 radical (unpaired) electrons. The van der Waals surface area contributed by atoms with Gasteiger partial charge in [-0.15, -0.1) is 0 Å². The molecule has 3 aliphatic rings. The summed E-state index contributed by atoms with van der Waals surface area (Å²) in [6.45, 7) is 7.78. The lowest BCUT2D eigenvalue weighted by molar-refractivity contribution is -1.02. The monoisotopic (exact) mass is 314 g/mol. The minimum atomic E-state index is 0.909. The number of para-hydroxylation sites is 1. The highest BCUT2D eigenvalue weighted by Crippen LogP contribution is 2.42. The summed E-state index contributed by atoms with van der Waals surface area (Å²) in [6.07, 6.45) is 7.87. The average Bonchev–Trinajstić information content (AvgIpc) is 3.20. The maximum Gasteiger partial charge on any atom is 0.127 e. The maximum atomic E-state index is 5.50. The van der Waals surface area contributed by atoms with E-state index in [9.17, 15) is 0 Å². The highest BCUT2D eigenvalue weighted by atomic mass is 16.5. The van der Waals surface area contributed by atoms with E-state index in [0.717, 1.165) is 30.0 Å². The molecule has 4 rings (SSSR count). The van der Waals surface area contributed by atoms with Gasteiger partial charge in [0.25, 0.3) is 0 Å². The van der Waals surface area contributed by atoms with Crippen LogP contribution in [0, 0.1) is 17.8 Å². The van der Waals surface area contributed by atoms with E-state index in [1.807, 2.05) is 4.90 Å². The van der Waals surface area contributed by atoms with E-state index in [4.69, 9.17) is 4.74 Å². The van der Waals surface area contributed by atoms with Gasteiger partial charge in [0.05, 0.1) is 13.7 Å². The van der Waals surface area contributed by atoms with Crippen molar-refractivity contribution in [2.24, 2.45) is 17.8 Å². The molecule has 1 aromatic carbocycles. The number of allylic oxidation sites excluding steroid dienone is 2. The van der Waals surface area contributed by atoms with E-state index in [0.29, 0.717) is 0 Å². The number of rotatable bonds is 5. The van der Waals surface area contributed by atoms with Gasteiger partial charge in [-0.2, -0.15) is 0 Å². The smallest absolute Gasteiger partial charge is 0.127 e. The minimum absolute atomic E-state index is 0.909. The molecular weight excluding hydrogens is 284 g/mol. The van der Waals surface area contributed by atoms with Crippen molar-refractivity contribution >= 4 is 0 Å². The predicted octanol–water partition coefficient (Wildman–Crippen LogP) is 0.191. The standard InChI is InChI=1S/C20H28N2O/c1-23-20-5-3-2-4-18(20)14-21-8-10-22(11-9-21)15-19-13-16-6-7-17(19)12-16/h2-7,16-17,19H,8-15H2,1H3/p+2/t16-,17-,19-/m0/s1. The maximum absolute atomic E-state index is 5.50. The normalized spacial score (nSPS) is 35.6. The lowest BCUT2D eigenvalue weighted by Crippen LogP contribution is -3.27. The first-order chi connectivity index (χ1) is 11.3. The largest absolute Gasteiger partial charge is 0.496 e. The van der Waals surface area contributed by atoms with Crippen LogP contribution in [-0.2, 0) is 6.54 Å². The Balaban J connectivity index is 1.27. The summed E-state index contributed by atoms with van der Waals surface area (Å²) < 4.78 is 5.50. The zero-order chi connectivity index (χ0) is 15.6. The molecular formula is C20H30N2O+2. The van der Waals surface area contributed by atoms with Crippen molar-refractivity contribution in [2.75, 3.05) is 39.8 Å². The molecule has 3 nitrogen and oxygen atoms in total. The van der Waals surface area contributed by atoms with Crippen LogP contribution in [0.3, 0.4) is 0 Å². The number of methoxy groups -OCH3 is 1. The lowest BCUT2D eigenvalue weighted by Gasteiger charge is -2.32. The molecule has 124 valence electrons. The number of ether oxygens (including phenoxy) is 1. The van der Waals surface area contributed by atoms with Crippen LogP contribution >= 0.6 is 0 Å². The molecule has 0 spiro atoms. The summed E-state index contributed by atoms with van der Waals surface area (Å²) in [5.41, 5.74) is 1.35. The molecule has 1 saturated heterocycles. The molecule has 3 atom stereocenters. The second-order valence-electron chi connectivity index (χ2n) is 7.73. The fraction of sp³-hybridized carbons (Fsp3) is 0.600. The first-order valence-corrected chi connectivity index (χ1v) is 9.29. The second-order valence-corrected chi connectivity index (χ2v) is 7.73. The molecule has 0 aromatic heterocycles. The quantitative estimate of drug-likeness (QED) is 0.743. The van der Waals surface area contributed by atoms with Crippen molar-refractivity contribution in [1.82, 2.24) is 0 Å². The number of nitrogens with one attached hydrogen (secondary N) is 2. The first-order valence-electron chi connectivity index (χ1n) is 9.29. The van der Waals surface area contributed by atoms with Crippen LogP contribution in [0.25, 0.3) is 0 Å². The molecule has 2 N–H and O–H groups in total. The zero-order valence-corrected chi connectivity index (χ0v) is 14.3. The van der Waals surface area contributed by atoms with E-state index in [1.165, 1.54) is 51.1 Å². The minimum Gasteiger partial charge on any atom is -0.496 e. The molecule has 1 heterocycles. The number of quaternary nitrogens is 2. The predicted molar refractivity (Wildman–Crippen MR) is 91.8 cm³/mol. The second kappa shape index (κ2) is 6.66. The van der Waals surface area contributed by atoms with Crippen molar-refractivity contribution in [3.05, 3.63) is 42.0 Å². The van der Waals surface area contributed by atoms with Crippen LogP contribution in [-0.4, -0.2) is 39.8 Å². The van der Waals surface area contributed by atoms with Crippen molar-refractivity contribution in [2.45, 2.75) is 19.4 Å². The Morgan fingerprint density at radius 3 is 2.48 bits per heavy atom. The van der Waals surface area contributed by atoms with Crippen molar-refractivity contribution in [1.29, 1.82) is 0 Å². The van der Waals surface area contributed by atoms with Crippen LogP contribution in [0.2, 0.25) is 0 Å². The van der Waals surface area contributed by atoms with Crippen LogP contribution in [0.4, 0.5) is 0 Å². The highest BCUT2D eigenvalue weighted by Gasteiger charge is 2.38. The molecule has 2 bridgehead atoms. The summed E-state index contributed by atoms with van der Waals surface area (Å²) in [4.78, 5) is 3.56. The molecule has 23 heavy (non-hydrogen) atoms. The fourth-order valence-electron chi connectivity index (χ4n) is 4.96. The van der Waals surface area contributed by atoms with Crippen LogP contribution < -0.4 is 14.5 Å². The molecule has 2 fully saturated rings. The van der Waals surface area contributed by atoms with Crippen LogP contribution in [0.1, 0.15) is 18.4 Å². The number of hydrogen-bond donors (Lipinski definition) is 2. The fourth-order valence-corrected chi connectivity index (χ4v) is 4.96. The lowest BCUT2D eigenvalue weighted by atomic mass is 9.93. The summed E-state index contributed by atoms with van der Waals surface area (Å²) in [5, 5.41) is 0. The Hall–Kier alpha value is -1.32. The van der Waals surface area contributed by atoms with Gasteiger partial charge in [0, 0.05) is 11.5 Å². The molecule has 0 amide bonds. The Kier molecular flexibility index (Phi) is 4.41. The van der Waals surface area contributed by atoms with E-state index in [2.05, 4.69) is 36.4 Å². The third-order valence-corrected chi connectivity index (χ3v) is 6.26. The van der Waals surface area contributed by atoms with Crippen LogP contribution in [0.15, 0.2) is 36.4 Å². The van der Waals surface area contributed by atoms with Gasteiger partial charge in [-0.1, -0.05) is 24.3 Å². The van der Waals surface area contributed by atoms with Crippen molar-refractivity contribution in [3.63, 3.8) is 0 Å². The number of benzene rings is 1. The van der Waals surface area contributed by atoms with E-state index in [-0.39, 0.29) is 0 Å². The van der Waals surface area contributed by atoms with Crippen molar-refractivity contribution < 1.29 is 14.5 Å².